The zero-order chi connectivity index (χ0) is 27.2. The number of anilines is 1. The highest BCUT2D eigenvalue weighted by molar-refractivity contribution is 9.10. The van der Waals surface area contributed by atoms with Crippen LogP contribution in [0.1, 0.15) is 18.1 Å². The molecule has 12 heteroatoms. The van der Waals surface area contributed by atoms with Crippen LogP contribution in [-0.4, -0.2) is 25.9 Å². The zero-order valence-corrected chi connectivity index (χ0v) is 22.0. The highest BCUT2D eigenvalue weighted by Crippen LogP contribution is 2.39. The van der Waals surface area contributed by atoms with Gasteiger partial charge >= 0.3 is 10.1 Å². The van der Waals surface area contributed by atoms with Crippen molar-refractivity contribution in [2.75, 3.05) is 11.9 Å². The molecule has 0 aliphatic carbocycles. The maximum absolute atomic E-state index is 12.8. The van der Waals surface area contributed by atoms with Crippen molar-refractivity contribution in [3.8, 4) is 17.6 Å². The van der Waals surface area contributed by atoms with Gasteiger partial charge in [0.05, 0.1) is 16.0 Å². The Morgan fingerprint density at radius 2 is 1.89 bits per heavy atom. The molecule has 0 unspecified atom stereocenters. The lowest BCUT2D eigenvalue weighted by atomic mass is 10.1. The van der Waals surface area contributed by atoms with Gasteiger partial charge in [0.1, 0.15) is 16.5 Å². The van der Waals surface area contributed by atoms with E-state index >= 15 is 0 Å². The first-order valence-corrected chi connectivity index (χ1v) is 12.9. The summed E-state index contributed by atoms with van der Waals surface area (Å²) in [7, 11) is -4.18. The Bertz CT molecular complexity index is 1530. The van der Waals surface area contributed by atoms with Gasteiger partial charge in [-0.15, -0.1) is 0 Å². The van der Waals surface area contributed by atoms with E-state index in [1.54, 1.807) is 25.1 Å². The van der Waals surface area contributed by atoms with Crippen LogP contribution in [0.2, 0.25) is 0 Å². The molecular weight excluding hydrogens is 566 g/mol. The van der Waals surface area contributed by atoms with Gasteiger partial charge in [0, 0.05) is 17.8 Å². The van der Waals surface area contributed by atoms with E-state index in [4.69, 9.17) is 8.92 Å². The van der Waals surface area contributed by atoms with Crippen LogP contribution in [0.3, 0.4) is 0 Å². The molecular formula is C25H20BrN3O7S. The highest BCUT2D eigenvalue weighted by atomic mass is 79.9. The number of carbonyl (C=O) groups is 1. The number of amides is 1. The molecule has 37 heavy (non-hydrogen) atoms. The van der Waals surface area contributed by atoms with Gasteiger partial charge in [0.15, 0.2) is 11.5 Å². The van der Waals surface area contributed by atoms with E-state index in [1.165, 1.54) is 48.5 Å². The number of hydrogen-bond donors (Lipinski definition) is 1. The van der Waals surface area contributed by atoms with Crippen LogP contribution in [0.25, 0.3) is 6.08 Å². The second kappa shape index (κ2) is 11.7. The number of halogens is 1. The van der Waals surface area contributed by atoms with Gasteiger partial charge in [-0.25, -0.2) is 0 Å². The summed E-state index contributed by atoms with van der Waals surface area (Å²) in [5, 5.41) is 22.9. The first kappa shape index (κ1) is 27.4. The number of non-ortho nitro benzene ring substituents is 1. The van der Waals surface area contributed by atoms with Crippen LogP contribution in [-0.2, 0) is 14.9 Å². The van der Waals surface area contributed by atoms with Crippen LogP contribution in [0.15, 0.2) is 75.6 Å². The lowest BCUT2D eigenvalue weighted by Gasteiger charge is -2.15. The molecule has 10 nitrogen and oxygen atoms in total. The molecule has 0 atom stereocenters. The average molecular weight is 586 g/mol. The average Bonchev–Trinajstić information content (AvgIpc) is 2.85. The molecule has 1 N–H and O–H groups in total. The van der Waals surface area contributed by atoms with Crippen LogP contribution in [0.4, 0.5) is 11.4 Å². The smallest absolute Gasteiger partial charge is 0.339 e. The van der Waals surface area contributed by atoms with Crippen molar-refractivity contribution in [3.63, 3.8) is 0 Å². The quantitative estimate of drug-likeness (QED) is 0.116. The topological polar surface area (TPSA) is 149 Å². The van der Waals surface area contributed by atoms with Gasteiger partial charge in [0.25, 0.3) is 11.6 Å². The number of nitro groups is 1. The monoisotopic (exact) mass is 585 g/mol. The number of nitrogens with one attached hydrogen (secondary N) is 1. The summed E-state index contributed by atoms with van der Waals surface area (Å²) < 4.78 is 36.8. The lowest BCUT2D eigenvalue weighted by molar-refractivity contribution is -0.384. The number of nitrogens with zero attached hydrogens (tertiary/aromatic N) is 2. The number of nitriles is 1. The summed E-state index contributed by atoms with van der Waals surface area (Å²) in [5.41, 5.74) is 0.834. The van der Waals surface area contributed by atoms with E-state index in [2.05, 4.69) is 21.2 Å². The van der Waals surface area contributed by atoms with Crippen LogP contribution >= 0.6 is 15.9 Å². The van der Waals surface area contributed by atoms with Crippen LogP contribution in [0, 0.1) is 28.4 Å². The van der Waals surface area contributed by atoms with Crippen molar-refractivity contribution in [2.45, 2.75) is 18.7 Å². The summed E-state index contributed by atoms with van der Waals surface area (Å²) in [6, 6.07) is 16.1. The molecule has 0 aromatic heterocycles. The third kappa shape index (κ3) is 6.93. The van der Waals surface area contributed by atoms with E-state index in [9.17, 15) is 28.6 Å². The molecule has 0 heterocycles. The van der Waals surface area contributed by atoms with Crippen molar-refractivity contribution in [1.82, 2.24) is 0 Å². The fourth-order valence-electron chi connectivity index (χ4n) is 3.09. The number of hydrogen-bond acceptors (Lipinski definition) is 8. The van der Waals surface area contributed by atoms with E-state index in [0.29, 0.717) is 5.56 Å². The normalized spacial score (nSPS) is 11.4. The van der Waals surface area contributed by atoms with Crippen LogP contribution < -0.4 is 14.2 Å². The molecule has 3 rings (SSSR count). The summed E-state index contributed by atoms with van der Waals surface area (Å²) >= 11 is 3.28. The van der Waals surface area contributed by atoms with Gasteiger partial charge in [-0.3, -0.25) is 14.9 Å². The number of rotatable bonds is 9. The minimum Gasteiger partial charge on any atom is -0.490 e. The molecule has 0 saturated heterocycles. The Morgan fingerprint density at radius 3 is 2.51 bits per heavy atom. The SMILES string of the molecule is CCOc1cc(/C=C(\C#N)C(=O)Nc2cccc([N+](=O)[O-])c2)cc(Br)c1OS(=O)(=O)c1ccc(C)cc1. The van der Waals surface area contributed by atoms with Gasteiger partial charge in [0.2, 0.25) is 0 Å². The minimum absolute atomic E-state index is 0.0407. The van der Waals surface area contributed by atoms with Crippen molar-refractivity contribution < 1.29 is 27.1 Å². The maximum atomic E-state index is 12.8. The van der Waals surface area contributed by atoms with E-state index in [0.717, 1.165) is 11.6 Å². The predicted molar refractivity (Wildman–Crippen MR) is 140 cm³/mol. The lowest BCUT2D eigenvalue weighted by Crippen LogP contribution is -2.13. The Morgan fingerprint density at radius 1 is 1.19 bits per heavy atom. The Balaban J connectivity index is 1.93. The number of carbonyl (C=O) groups excluding carboxylic acids is 1. The molecule has 1 amide bonds. The summed E-state index contributed by atoms with van der Waals surface area (Å²) in [4.78, 5) is 23.0. The van der Waals surface area contributed by atoms with Gasteiger partial charge in [-0.2, -0.15) is 13.7 Å². The first-order valence-electron chi connectivity index (χ1n) is 10.7. The number of ether oxygens (including phenoxy) is 1. The number of nitro benzene ring substituents is 1. The first-order chi connectivity index (χ1) is 17.5. The molecule has 3 aromatic carbocycles. The summed E-state index contributed by atoms with van der Waals surface area (Å²) in [6.07, 6.45) is 1.26. The zero-order valence-electron chi connectivity index (χ0n) is 19.6. The van der Waals surface area contributed by atoms with Gasteiger partial charge in [-0.1, -0.05) is 23.8 Å². The van der Waals surface area contributed by atoms with Crippen molar-refractivity contribution in [2.24, 2.45) is 0 Å². The van der Waals surface area contributed by atoms with E-state index in [1.807, 2.05) is 6.92 Å². The molecule has 0 aliphatic rings. The highest BCUT2D eigenvalue weighted by Gasteiger charge is 2.22. The van der Waals surface area contributed by atoms with Crippen LogP contribution in [0.5, 0.6) is 11.5 Å². The van der Waals surface area contributed by atoms with E-state index in [-0.39, 0.29) is 44.4 Å². The van der Waals surface area contributed by atoms with Crippen molar-refractivity contribution >= 4 is 49.4 Å². The standard InChI is InChI=1S/C25H20BrN3O7S/c1-3-35-23-13-17(11-18(15-27)25(30)28-19-5-4-6-20(14-19)29(31)32)12-22(26)24(23)36-37(33,34)21-9-7-16(2)8-10-21/h4-14H,3H2,1-2H3,(H,28,30)/b18-11+. The molecule has 0 radical (unpaired) electrons. The third-order valence-corrected chi connectivity index (χ3v) is 6.65. The predicted octanol–water partition coefficient (Wildman–Crippen LogP) is 5.38. The van der Waals surface area contributed by atoms with Crippen molar-refractivity contribution in [3.05, 3.63) is 92.0 Å². The summed E-state index contributed by atoms with van der Waals surface area (Å²) in [6.45, 7) is 3.70. The molecule has 0 fully saturated rings. The molecule has 0 aliphatic heterocycles. The molecule has 190 valence electrons. The number of benzene rings is 3. The minimum atomic E-state index is -4.18. The van der Waals surface area contributed by atoms with E-state index < -0.39 is 20.9 Å². The summed E-state index contributed by atoms with van der Waals surface area (Å²) in [5.74, 6) is -0.825. The Hall–Kier alpha value is -4.21. The second-order valence-electron chi connectivity index (χ2n) is 7.54. The molecule has 3 aromatic rings. The largest absolute Gasteiger partial charge is 0.490 e. The maximum Gasteiger partial charge on any atom is 0.339 e. The fourth-order valence-corrected chi connectivity index (χ4v) is 4.69. The third-order valence-electron chi connectivity index (χ3n) is 4.83. The van der Waals surface area contributed by atoms with Gasteiger partial charge < -0.3 is 14.2 Å². The fraction of sp³-hybridized carbons (Fsp3) is 0.120. The molecule has 0 bridgehead atoms. The second-order valence-corrected chi connectivity index (χ2v) is 9.95. The molecule has 0 spiro atoms. The Kier molecular flexibility index (Phi) is 8.65. The van der Waals surface area contributed by atoms with Gasteiger partial charge in [-0.05, 0) is 71.7 Å². The Labute approximate surface area is 221 Å². The molecule has 0 saturated carbocycles. The number of aryl methyl sites for hydroxylation is 1. The van der Waals surface area contributed by atoms with Crippen molar-refractivity contribution in [1.29, 1.82) is 5.26 Å².